The lowest BCUT2D eigenvalue weighted by atomic mass is 9.90. The molecule has 2 aliphatic heterocycles. The number of carbonyl (C=O) groups is 2. The first kappa shape index (κ1) is 31.2. The van der Waals surface area contributed by atoms with E-state index in [0.29, 0.717) is 50.4 Å². The Labute approximate surface area is 248 Å². The minimum atomic E-state index is 0.179. The third-order valence-corrected chi connectivity index (χ3v) is 8.48. The van der Waals surface area contributed by atoms with Crippen LogP contribution in [-0.4, -0.2) is 78.9 Å². The van der Waals surface area contributed by atoms with Gasteiger partial charge in [-0.2, -0.15) is 0 Å². The SMILES string of the molecule is CC(C)CC(=O)N1CCCN(CC(C)C)CCN(C(=O)CN2CCC(Cc3ccccc3)CC2)Cc2ccccc21. The van der Waals surface area contributed by atoms with Crippen LogP contribution >= 0.6 is 0 Å². The summed E-state index contributed by atoms with van der Waals surface area (Å²) in [6.07, 6.45) is 4.87. The summed E-state index contributed by atoms with van der Waals surface area (Å²) in [5, 5.41) is 0. The van der Waals surface area contributed by atoms with Crippen LogP contribution in [0.3, 0.4) is 0 Å². The maximum absolute atomic E-state index is 13.9. The largest absolute Gasteiger partial charge is 0.336 e. The molecule has 6 nitrogen and oxygen atoms in total. The number of amides is 2. The summed E-state index contributed by atoms with van der Waals surface area (Å²) >= 11 is 0. The summed E-state index contributed by atoms with van der Waals surface area (Å²) in [6.45, 7) is 15.9. The highest BCUT2D eigenvalue weighted by Crippen LogP contribution is 2.26. The van der Waals surface area contributed by atoms with Gasteiger partial charge in [-0.1, -0.05) is 76.2 Å². The van der Waals surface area contributed by atoms with Crippen molar-refractivity contribution in [3.05, 3.63) is 65.7 Å². The fourth-order valence-corrected chi connectivity index (χ4v) is 6.36. The van der Waals surface area contributed by atoms with Crippen LogP contribution in [0.2, 0.25) is 0 Å². The summed E-state index contributed by atoms with van der Waals surface area (Å²) < 4.78 is 0. The average molecular weight is 561 g/mol. The van der Waals surface area contributed by atoms with Crippen molar-refractivity contribution in [2.45, 2.75) is 66.3 Å². The first-order valence-electron chi connectivity index (χ1n) is 15.9. The predicted octanol–water partition coefficient (Wildman–Crippen LogP) is 5.71. The zero-order valence-corrected chi connectivity index (χ0v) is 25.9. The van der Waals surface area contributed by atoms with Gasteiger partial charge in [0.05, 0.1) is 6.54 Å². The molecule has 2 aliphatic rings. The second-order valence-electron chi connectivity index (χ2n) is 13.0. The molecular weight excluding hydrogens is 508 g/mol. The summed E-state index contributed by atoms with van der Waals surface area (Å²) in [5.74, 6) is 1.92. The van der Waals surface area contributed by atoms with Gasteiger partial charge >= 0.3 is 0 Å². The number of carbonyl (C=O) groups excluding carboxylic acids is 2. The van der Waals surface area contributed by atoms with Crippen LogP contribution in [0.4, 0.5) is 5.69 Å². The quantitative estimate of drug-likeness (QED) is 0.415. The van der Waals surface area contributed by atoms with E-state index in [0.717, 1.165) is 69.7 Å². The van der Waals surface area contributed by atoms with E-state index in [-0.39, 0.29) is 11.8 Å². The number of piperidine rings is 1. The molecule has 0 spiro atoms. The van der Waals surface area contributed by atoms with Gasteiger partial charge in [0.25, 0.3) is 0 Å². The molecule has 0 bridgehead atoms. The molecule has 224 valence electrons. The monoisotopic (exact) mass is 560 g/mol. The normalized spacial score (nSPS) is 18.4. The van der Waals surface area contributed by atoms with E-state index in [2.05, 4.69) is 84.9 Å². The number of anilines is 1. The molecule has 1 saturated heterocycles. The Balaban J connectivity index is 1.47. The maximum Gasteiger partial charge on any atom is 0.237 e. The topological polar surface area (TPSA) is 47.1 Å². The third kappa shape index (κ3) is 9.68. The third-order valence-electron chi connectivity index (χ3n) is 8.48. The second-order valence-corrected chi connectivity index (χ2v) is 13.0. The van der Waals surface area contributed by atoms with Crippen LogP contribution < -0.4 is 4.90 Å². The Hall–Kier alpha value is -2.70. The fraction of sp³-hybridized carbons (Fsp3) is 0.600. The Kier molecular flexibility index (Phi) is 11.8. The summed E-state index contributed by atoms with van der Waals surface area (Å²) in [6, 6.07) is 19.0. The highest BCUT2D eigenvalue weighted by Gasteiger charge is 2.26. The van der Waals surface area contributed by atoms with Crippen molar-refractivity contribution in [2.24, 2.45) is 17.8 Å². The lowest BCUT2D eigenvalue weighted by molar-refractivity contribution is -0.133. The molecule has 2 aromatic carbocycles. The minimum absolute atomic E-state index is 0.179. The lowest BCUT2D eigenvalue weighted by Crippen LogP contribution is -2.46. The summed E-state index contributed by atoms with van der Waals surface area (Å²) in [7, 11) is 0. The van der Waals surface area contributed by atoms with E-state index in [1.54, 1.807) is 0 Å². The zero-order chi connectivity index (χ0) is 29.2. The molecule has 0 radical (unpaired) electrons. The van der Waals surface area contributed by atoms with Gasteiger partial charge < -0.3 is 14.7 Å². The van der Waals surface area contributed by atoms with Gasteiger partial charge in [0.15, 0.2) is 0 Å². The van der Waals surface area contributed by atoms with E-state index in [4.69, 9.17) is 0 Å². The van der Waals surface area contributed by atoms with Crippen molar-refractivity contribution < 1.29 is 9.59 Å². The second kappa shape index (κ2) is 15.5. The molecule has 0 unspecified atom stereocenters. The number of likely N-dealkylation sites (tertiary alicyclic amines) is 1. The molecule has 2 aromatic rings. The highest BCUT2D eigenvalue weighted by molar-refractivity contribution is 5.94. The van der Waals surface area contributed by atoms with Crippen molar-refractivity contribution in [1.82, 2.24) is 14.7 Å². The number of hydrogen-bond donors (Lipinski definition) is 0. The van der Waals surface area contributed by atoms with Gasteiger partial charge in [0, 0.05) is 44.8 Å². The van der Waals surface area contributed by atoms with E-state index in [1.807, 2.05) is 17.0 Å². The summed E-state index contributed by atoms with van der Waals surface area (Å²) in [5.41, 5.74) is 3.45. The number of para-hydroxylation sites is 1. The van der Waals surface area contributed by atoms with E-state index >= 15 is 0 Å². The first-order chi connectivity index (χ1) is 19.8. The average Bonchev–Trinajstić information content (AvgIpc) is 2.97. The molecule has 0 saturated carbocycles. The Morgan fingerprint density at radius 2 is 1.46 bits per heavy atom. The molecule has 2 amide bonds. The van der Waals surface area contributed by atoms with Gasteiger partial charge in [0.1, 0.15) is 0 Å². The molecule has 2 heterocycles. The van der Waals surface area contributed by atoms with Crippen LogP contribution in [0.15, 0.2) is 54.6 Å². The van der Waals surface area contributed by atoms with Crippen LogP contribution in [0, 0.1) is 17.8 Å². The lowest BCUT2D eigenvalue weighted by Gasteiger charge is -2.34. The Bertz CT molecular complexity index is 1090. The number of fused-ring (bicyclic) bond motifs is 1. The number of benzene rings is 2. The van der Waals surface area contributed by atoms with Crippen molar-refractivity contribution in [3.8, 4) is 0 Å². The molecule has 0 aliphatic carbocycles. The van der Waals surface area contributed by atoms with Gasteiger partial charge in [-0.15, -0.1) is 0 Å². The van der Waals surface area contributed by atoms with Crippen molar-refractivity contribution in [3.63, 3.8) is 0 Å². The molecule has 0 aromatic heterocycles. The molecule has 6 heteroatoms. The van der Waals surface area contributed by atoms with Gasteiger partial charge in [0.2, 0.25) is 11.8 Å². The zero-order valence-electron chi connectivity index (χ0n) is 25.9. The van der Waals surface area contributed by atoms with Gasteiger partial charge in [-0.05, 0) is 80.3 Å². The Morgan fingerprint density at radius 1 is 0.756 bits per heavy atom. The van der Waals surface area contributed by atoms with Crippen LogP contribution in [0.5, 0.6) is 0 Å². The predicted molar refractivity (Wildman–Crippen MR) is 169 cm³/mol. The van der Waals surface area contributed by atoms with E-state index in [9.17, 15) is 9.59 Å². The van der Waals surface area contributed by atoms with Crippen molar-refractivity contribution >= 4 is 17.5 Å². The minimum Gasteiger partial charge on any atom is -0.336 e. The molecule has 0 N–H and O–H groups in total. The number of hydrogen-bond acceptors (Lipinski definition) is 4. The Morgan fingerprint density at radius 3 is 2.17 bits per heavy atom. The smallest absolute Gasteiger partial charge is 0.237 e. The van der Waals surface area contributed by atoms with Crippen LogP contribution in [-0.2, 0) is 22.6 Å². The number of rotatable bonds is 8. The number of nitrogens with zero attached hydrogens (tertiary/aromatic N) is 4. The summed E-state index contributed by atoms with van der Waals surface area (Å²) in [4.78, 5) is 36.2. The standard InChI is InChI=1S/C35H52N4O2/c1-28(2)23-34(40)39-18-10-17-36(25-29(3)4)21-22-38(26-32-13-8-9-14-33(32)39)35(41)27-37-19-15-31(16-20-37)24-30-11-6-5-7-12-30/h5-9,11-14,28-29,31H,10,15-27H2,1-4H3. The molecule has 4 rings (SSSR count). The highest BCUT2D eigenvalue weighted by atomic mass is 16.2. The van der Waals surface area contributed by atoms with E-state index < -0.39 is 0 Å². The van der Waals surface area contributed by atoms with Gasteiger partial charge in [-0.25, -0.2) is 0 Å². The van der Waals surface area contributed by atoms with E-state index in [1.165, 1.54) is 5.56 Å². The van der Waals surface area contributed by atoms with Crippen LogP contribution in [0.25, 0.3) is 0 Å². The fourth-order valence-electron chi connectivity index (χ4n) is 6.36. The van der Waals surface area contributed by atoms with Crippen LogP contribution in [0.1, 0.15) is 64.5 Å². The molecule has 41 heavy (non-hydrogen) atoms. The molecular formula is C35H52N4O2. The molecule has 1 fully saturated rings. The van der Waals surface area contributed by atoms with Gasteiger partial charge in [-0.3, -0.25) is 14.5 Å². The molecule has 0 atom stereocenters. The van der Waals surface area contributed by atoms with Crippen molar-refractivity contribution in [1.29, 1.82) is 0 Å². The van der Waals surface area contributed by atoms with Crippen molar-refractivity contribution in [2.75, 3.05) is 57.3 Å². The first-order valence-corrected chi connectivity index (χ1v) is 15.9. The maximum atomic E-state index is 13.9.